The smallest absolute Gasteiger partial charge is 0.337 e. The number of carboxylic acids is 1. The van der Waals surface area contributed by atoms with Crippen molar-refractivity contribution in [3.63, 3.8) is 0 Å². The Labute approximate surface area is 116 Å². The normalized spacial score (nSPS) is 11.3. The van der Waals surface area contributed by atoms with E-state index >= 15 is 0 Å². The highest BCUT2D eigenvalue weighted by molar-refractivity contribution is 7.92. The Kier molecular flexibility index (Phi) is 5.16. The van der Waals surface area contributed by atoms with E-state index in [4.69, 9.17) is 21.4 Å². The number of hydrogen-bond donors (Lipinski definition) is 1. The molecule has 19 heavy (non-hydrogen) atoms. The van der Waals surface area contributed by atoms with Crippen LogP contribution < -0.4 is 4.31 Å². The van der Waals surface area contributed by atoms with E-state index in [1.54, 1.807) is 0 Å². The fourth-order valence-corrected chi connectivity index (χ4v) is 2.65. The van der Waals surface area contributed by atoms with E-state index in [9.17, 15) is 13.2 Å². The maximum absolute atomic E-state index is 11.7. The van der Waals surface area contributed by atoms with Crippen LogP contribution in [0, 0.1) is 0 Å². The predicted molar refractivity (Wildman–Crippen MR) is 72.5 cm³/mol. The molecule has 106 valence electrons. The molecule has 0 aliphatic carbocycles. The third-order valence-electron chi connectivity index (χ3n) is 2.37. The number of carboxylic acid groups (broad SMARTS) is 1. The quantitative estimate of drug-likeness (QED) is 0.860. The molecule has 0 amide bonds. The molecule has 0 atom stereocenters. The average Bonchev–Trinajstić information content (AvgIpc) is 2.27. The highest BCUT2D eigenvalue weighted by Crippen LogP contribution is 2.25. The van der Waals surface area contributed by atoms with E-state index in [2.05, 4.69) is 0 Å². The number of anilines is 1. The van der Waals surface area contributed by atoms with Crippen LogP contribution in [0.2, 0.25) is 5.02 Å². The van der Waals surface area contributed by atoms with Gasteiger partial charge in [0.15, 0.2) is 0 Å². The minimum Gasteiger partial charge on any atom is -0.478 e. The Balaban J connectivity index is 3.17. The second kappa shape index (κ2) is 6.23. The van der Waals surface area contributed by atoms with Gasteiger partial charge in [-0.25, -0.2) is 13.2 Å². The van der Waals surface area contributed by atoms with Crippen LogP contribution in [0.15, 0.2) is 18.2 Å². The highest BCUT2D eigenvalue weighted by atomic mass is 35.5. The van der Waals surface area contributed by atoms with Crippen LogP contribution in [-0.4, -0.2) is 46.0 Å². The molecule has 0 fully saturated rings. The van der Waals surface area contributed by atoms with Gasteiger partial charge in [-0.1, -0.05) is 11.6 Å². The van der Waals surface area contributed by atoms with Gasteiger partial charge in [-0.3, -0.25) is 4.31 Å². The largest absolute Gasteiger partial charge is 0.478 e. The van der Waals surface area contributed by atoms with Gasteiger partial charge in [0.05, 0.1) is 35.7 Å². The molecule has 0 heterocycles. The Bertz CT molecular complexity index is 572. The van der Waals surface area contributed by atoms with E-state index < -0.39 is 16.0 Å². The number of nitrogens with zero attached hydrogens (tertiary/aromatic N) is 1. The highest BCUT2D eigenvalue weighted by Gasteiger charge is 2.19. The molecule has 0 saturated heterocycles. The number of carbonyl (C=O) groups is 1. The summed E-state index contributed by atoms with van der Waals surface area (Å²) in [5.41, 5.74) is 0.222. The number of aromatic carboxylic acids is 1. The van der Waals surface area contributed by atoms with Crippen LogP contribution in [-0.2, 0) is 14.8 Å². The van der Waals surface area contributed by atoms with Gasteiger partial charge in [0, 0.05) is 7.11 Å². The molecule has 0 spiro atoms. The molecule has 6 nitrogen and oxygen atoms in total. The van der Waals surface area contributed by atoms with Gasteiger partial charge < -0.3 is 9.84 Å². The predicted octanol–water partition coefficient (Wildman–Crippen LogP) is 1.45. The fourth-order valence-electron chi connectivity index (χ4n) is 1.49. The van der Waals surface area contributed by atoms with Crippen LogP contribution in [0.1, 0.15) is 10.4 Å². The summed E-state index contributed by atoms with van der Waals surface area (Å²) < 4.78 is 29.3. The molecule has 8 heteroatoms. The van der Waals surface area contributed by atoms with Gasteiger partial charge in [-0.05, 0) is 18.2 Å². The van der Waals surface area contributed by atoms with Crippen LogP contribution in [0.25, 0.3) is 0 Å². The molecule has 0 aliphatic heterocycles. The number of halogens is 1. The second-order valence-corrected chi connectivity index (χ2v) is 6.11. The molecule has 1 aromatic rings. The summed E-state index contributed by atoms with van der Waals surface area (Å²) in [5, 5.41) is 8.84. The minimum absolute atomic E-state index is 0.0175. The SMILES string of the molecule is COCCN(c1ccc(C(=O)O)c(Cl)c1)S(C)(=O)=O. The van der Waals surface area contributed by atoms with E-state index in [0.717, 1.165) is 10.6 Å². The fraction of sp³-hybridized carbons (Fsp3) is 0.364. The van der Waals surface area contributed by atoms with Crippen molar-refractivity contribution in [2.75, 3.05) is 30.8 Å². The van der Waals surface area contributed by atoms with Crippen molar-refractivity contribution in [3.05, 3.63) is 28.8 Å². The summed E-state index contributed by atoms with van der Waals surface area (Å²) in [6.45, 7) is 0.337. The van der Waals surface area contributed by atoms with Crippen molar-refractivity contribution in [1.29, 1.82) is 0 Å². The number of hydrogen-bond acceptors (Lipinski definition) is 4. The van der Waals surface area contributed by atoms with Gasteiger partial charge in [0.25, 0.3) is 0 Å². The van der Waals surface area contributed by atoms with Gasteiger partial charge >= 0.3 is 5.97 Å². The molecule has 0 saturated carbocycles. The number of rotatable bonds is 6. The van der Waals surface area contributed by atoms with Crippen LogP contribution in [0.5, 0.6) is 0 Å². The first-order valence-electron chi connectivity index (χ1n) is 5.27. The number of methoxy groups -OCH3 is 1. The van der Waals surface area contributed by atoms with Crippen molar-refractivity contribution in [3.8, 4) is 0 Å². The first-order valence-corrected chi connectivity index (χ1v) is 7.49. The first-order chi connectivity index (χ1) is 8.77. The average molecular weight is 308 g/mol. The molecule has 0 aromatic heterocycles. The van der Waals surface area contributed by atoms with Crippen LogP contribution in [0.4, 0.5) is 5.69 Å². The molecule has 0 aliphatic rings. The Morgan fingerprint density at radius 1 is 1.47 bits per heavy atom. The maximum atomic E-state index is 11.7. The van der Waals surface area contributed by atoms with E-state index in [0.29, 0.717) is 5.69 Å². The molecule has 0 unspecified atom stereocenters. The van der Waals surface area contributed by atoms with Gasteiger partial charge in [0.2, 0.25) is 10.0 Å². The van der Waals surface area contributed by atoms with Gasteiger partial charge in [0.1, 0.15) is 0 Å². The van der Waals surface area contributed by atoms with E-state index in [1.165, 1.54) is 25.3 Å². The Hall–Kier alpha value is -1.31. The zero-order valence-corrected chi connectivity index (χ0v) is 12.0. The zero-order valence-electron chi connectivity index (χ0n) is 10.5. The monoisotopic (exact) mass is 307 g/mol. The Morgan fingerprint density at radius 2 is 2.11 bits per heavy atom. The number of benzene rings is 1. The molecular weight excluding hydrogens is 294 g/mol. The summed E-state index contributed by atoms with van der Waals surface area (Å²) in [4.78, 5) is 10.8. The lowest BCUT2D eigenvalue weighted by Gasteiger charge is -2.22. The molecule has 0 bridgehead atoms. The topological polar surface area (TPSA) is 83.9 Å². The molecule has 1 rings (SSSR count). The Morgan fingerprint density at radius 3 is 2.53 bits per heavy atom. The third kappa shape index (κ3) is 4.09. The lowest BCUT2D eigenvalue weighted by molar-refractivity contribution is 0.0697. The maximum Gasteiger partial charge on any atom is 0.337 e. The molecule has 1 aromatic carbocycles. The van der Waals surface area contributed by atoms with Gasteiger partial charge in [-0.2, -0.15) is 0 Å². The molecule has 1 N–H and O–H groups in total. The minimum atomic E-state index is -3.49. The molecule has 0 radical (unpaired) electrons. The number of sulfonamides is 1. The lowest BCUT2D eigenvalue weighted by Crippen LogP contribution is -2.33. The van der Waals surface area contributed by atoms with Crippen molar-refractivity contribution < 1.29 is 23.1 Å². The second-order valence-electron chi connectivity index (χ2n) is 3.80. The van der Waals surface area contributed by atoms with E-state index in [-0.39, 0.29) is 23.7 Å². The summed E-state index contributed by atoms with van der Waals surface area (Å²) in [6.07, 6.45) is 1.06. The van der Waals surface area contributed by atoms with Crippen LogP contribution in [0.3, 0.4) is 0 Å². The summed E-state index contributed by atoms with van der Waals surface area (Å²) in [7, 11) is -2.03. The van der Waals surface area contributed by atoms with Gasteiger partial charge in [-0.15, -0.1) is 0 Å². The zero-order chi connectivity index (χ0) is 14.6. The third-order valence-corrected chi connectivity index (χ3v) is 3.88. The summed E-state index contributed by atoms with van der Waals surface area (Å²) in [5.74, 6) is -1.17. The van der Waals surface area contributed by atoms with Crippen molar-refractivity contribution in [2.24, 2.45) is 0 Å². The van der Waals surface area contributed by atoms with Crippen LogP contribution >= 0.6 is 11.6 Å². The standard InChI is InChI=1S/C11H14ClNO5S/c1-18-6-5-13(19(2,16)17)8-3-4-9(11(14)15)10(12)7-8/h3-4,7H,5-6H2,1-2H3,(H,14,15). The van der Waals surface area contributed by atoms with Crippen molar-refractivity contribution in [1.82, 2.24) is 0 Å². The number of ether oxygens (including phenoxy) is 1. The van der Waals surface area contributed by atoms with Crippen molar-refractivity contribution in [2.45, 2.75) is 0 Å². The summed E-state index contributed by atoms with van der Waals surface area (Å²) >= 11 is 5.82. The first kappa shape index (κ1) is 15.7. The molecular formula is C11H14ClNO5S. The summed E-state index contributed by atoms with van der Waals surface area (Å²) in [6, 6.07) is 3.97. The lowest BCUT2D eigenvalue weighted by atomic mass is 10.2. The van der Waals surface area contributed by atoms with E-state index in [1.807, 2.05) is 0 Å². The van der Waals surface area contributed by atoms with Crippen molar-refractivity contribution >= 4 is 33.3 Å².